The number of aromatic nitrogens is 1. The summed E-state index contributed by atoms with van der Waals surface area (Å²) in [6.45, 7) is 9.90. The van der Waals surface area contributed by atoms with Gasteiger partial charge in [-0.15, -0.1) is 0 Å². The Balaban J connectivity index is 1.63. The van der Waals surface area contributed by atoms with Crippen molar-refractivity contribution in [3.05, 3.63) is 48.2 Å². The van der Waals surface area contributed by atoms with E-state index in [0.29, 0.717) is 18.1 Å². The Kier molecular flexibility index (Phi) is 6.07. The lowest BCUT2D eigenvalue weighted by molar-refractivity contribution is 0.102. The van der Waals surface area contributed by atoms with Crippen molar-refractivity contribution in [2.75, 3.05) is 49.5 Å². The quantitative estimate of drug-likeness (QED) is 0.864. The summed E-state index contributed by atoms with van der Waals surface area (Å²) in [5.74, 6) is 0.142. The fourth-order valence-corrected chi connectivity index (χ4v) is 3.09. The highest BCUT2D eigenvalue weighted by Gasteiger charge is 2.16. The van der Waals surface area contributed by atoms with E-state index < -0.39 is 0 Å². The van der Waals surface area contributed by atoms with E-state index in [9.17, 15) is 4.79 Å². The molecule has 138 valence electrons. The van der Waals surface area contributed by atoms with E-state index in [4.69, 9.17) is 4.74 Å². The number of nitrogens with zero attached hydrogens (tertiary/aromatic N) is 3. The number of piperazine rings is 1. The van der Waals surface area contributed by atoms with Crippen molar-refractivity contribution in [2.45, 2.75) is 13.8 Å². The summed E-state index contributed by atoms with van der Waals surface area (Å²) in [5.41, 5.74) is 2.39. The average Bonchev–Trinajstić information content (AvgIpc) is 2.69. The summed E-state index contributed by atoms with van der Waals surface area (Å²) in [5, 5.41) is 2.92. The van der Waals surface area contributed by atoms with E-state index in [-0.39, 0.29) is 5.91 Å². The first-order valence-electron chi connectivity index (χ1n) is 9.17. The number of pyridine rings is 1. The first-order valence-corrected chi connectivity index (χ1v) is 9.17. The third-order valence-electron chi connectivity index (χ3n) is 4.61. The number of carbonyl (C=O) groups excluding carboxylic acids is 1. The smallest absolute Gasteiger partial charge is 0.261 e. The largest absolute Gasteiger partial charge is 0.477 e. The number of hydrogen-bond donors (Lipinski definition) is 1. The lowest BCUT2D eigenvalue weighted by Crippen LogP contribution is -2.46. The van der Waals surface area contributed by atoms with Gasteiger partial charge in [-0.2, -0.15) is 0 Å². The topological polar surface area (TPSA) is 57.7 Å². The maximum Gasteiger partial charge on any atom is 0.261 e. The third kappa shape index (κ3) is 4.32. The second-order valence-electron chi connectivity index (χ2n) is 6.21. The van der Waals surface area contributed by atoms with Crippen molar-refractivity contribution in [1.29, 1.82) is 0 Å². The molecule has 1 aliphatic rings. The molecule has 1 aromatic heterocycles. The molecule has 0 unspecified atom stereocenters. The molecule has 1 saturated heterocycles. The molecule has 1 amide bonds. The van der Waals surface area contributed by atoms with Gasteiger partial charge in [0.15, 0.2) is 0 Å². The van der Waals surface area contributed by atoms with Crippen molar-refractivity contribution in [3.63, 3.8) is 0 Å². The SMILES string of the molecule is CCOc1ncccc1C(=O)Nc1ccc(N2CCN(CC)CC2)cc1. The van der Waals surface area contributed by atoms with Crippen LogP contribution in [0.5, 0.6) is 5.88 Å². The highest BCUT2D eigenvalue weighted by molar-refractivity contribution is 6.05. The number of anilines is 2. The van der Waals surface area contributed by atoms with Gasteiger partial charge in [0, 0.05) is 43.8 Å². The average molecular weight is 354 g/mol. The molecule has 0 spiro atoms. The Morgan fingerprint density at radius 3 is 2.50 bits per heavy atom. The second kappa shape index (κ2) is 8.67. The van der Waals surface area contributed by atoms with Gasteiger partial charge in [-0.3, -0.25) is 4.79 Å². The lowest BCUT2D eigenvalue weighted by Gasteiger charge is -2.35. The Labute approximate surface area is 154 Å². The summed E-state index contributed by atoms with van der Waals surface area (Å²) >= 11 is 0. The highest BCUT2D eigenvalue weighted by atomic mass is 16.5. The molecule has 1 fully saturated rings. The highest BCUT2D eigenvalue weighted by Crippen LogP contribution is 2.21. The summed E-state index contributed by atoms with van der Waals surface area (Å²) in [6.07, 6.45) is 1.62. The summed E-state index contributed by atoms with van der Waals surface area (Å²) < 4.78 is 5.43. The minimum Gasteiger partial charge on any atom is -0.477 e. The normalized spacial score (nSPS) is 14.9. The van der Waals surface area contributed by atoms with Crippen LogP contribution in [0.15, 0.2) is 42.6 Å². The number of likely N-dealkylation sites (N-methyl/N-ethyl adjacent to an activating group) is 1. The number of carbonyl (C=O) groups is 1. The molecular weight excluding hydrogens is 328 g/mol. The van der Waals surface area contributed by atoms with Crippen LogP contribution in [-0.4, -0.2) is 55.1 Å². The van der Waals surface area contributed by atoms with Gasteiger partial charge in [-0.05, 0) is 49.9 Å². The number of benzene rings is 1. The molecule has 1 aliphatic heterocycles. The first kappa shape index (κ1) is 18.2. The molecule has 26 heavy (non-hydrogen) atoms. The van der Waals surface area contributed by atoms with Crippen molar-refractivity contribution in [3.8, 4) is 5.88 Å². The van der Waals surface area contributed by atoms with Crippen molar-refractivity contribution in [2.24, 2.45) is 0 Å². The summed E-state index contributed by atoms with van der Waals surface area (Å²) in [6, 6.07) is 11.4. The molecule has 3 rings (SSSR count). The molecule has 0 radical (unpaired) electrons. The minimum absolute atomic E-state index is 0.217. The van der Waals surface area contributed by atoms with Crippen LogP contribution in [0.3, 0.4) is 0 Å². The Hall–Kier alpha value is -2.60. The molecule has 2 aromatic rings. The fourth-order valence-electron chi connectivity index (χ4n) is 3.09. The molecule has 0 saturated carbocycles. The van der Waals surface area contributed by atoms with Crippen LogP contribution < -0.4 is 15.0 Å². The van der Waals surface area contributed by atoms with Gasteiger partial charge in [0.25, 0.3) is 5.91 Å². The third-order valence-corrected chi connectivity index (χ3v) is 4.61. The Morgan fingerprint density at radius 1 is 1.12 bits per heavy atom. The van der Waals surface area contributed by atoms with Crippen molar-refractivity contribution in [1.82, 2.24) is 9.88 Å². The fraction of sp³-hybridized carbons (Fsp3) is 0.400. The molecule has 6 heteroatoms. The van der Waals surface area contributed by atoms with E-state index in [2.05, 4.69) is 39.2 Å². The zero-order chi connectivity index (χ0) is 18.4. The first-order chi connectivity index (χ1) is 12.7. The van der Waals surface area contributed by atoms with Crippen LogP contribution in [0, 0.1) is 0 Å². The van der Waals surface area contributed by atoms with Crippen LogP contribution in [0.4, 0.5) is 11.4 Å². The van der Waals surface area contributed by atoms with Gasteiger partial charge in [-0.25, -0.2) is 4.98 Å². The van der Waals surface area contributed by atoms with Crippen molar-refractivity contribution >= 4 is 17.3 Å². The van der Waals surface area contributed by atoms with E-state index in [1.807, 2.05) is 19.1 Å². The number of nitrogens with one attached hydrogen (secondary N) is 1. The van der Waals surface area contributed by atoms with Gasteiger partial charge < -0.3 is 19.9 Å². The Bertz CT molecular complexity index is 725. The number of amides is 1. The minimum atomic E-state index is -0.217. The van der Waals surface area contributed by atoms with E-state index in [1.54, 1.807) is 18.3 Å². The maximum absolute atomic E-state index is 12.5. The molecule has 6 nitrogen and oxygen atoms in total. The van der Waals surface area contributed by atoms with Crippen LogP contribution >= 0.6 is 0 Å². The monoisotopic (exact) mass is 354 g/mol. The number of ether oxygens (including phenoxy) is 1. The molecular formula is C20H26N4O2. The zero-order valence-electron chi connectivity index (χ0n) is 15.4. The van der Waals surface area contributed by atoms with Crippen LogP contribution in [0.1, 0.15) is 24.2 Å². The molecule has 1 aromatic carbocycles. The molecule has 0 aliphatic carbocycles. The van der Waals surface area contributed by atoms with Gasteiger partial charge in [0.2, 0.25) is 5.88 Å². The molecule has 2 heterocycles. The zero-order valence-corrected chi connectivity index (χ0v) is 15.4. The summed E-state index contributed by atoms with van der Waals surface area (Å²) in [4.78, 5) is 21.5. The van der Waals surface area contributed by atoms with Crippen LogP contribution in [-0.2, 0) is 0 Å². The van der Waals surface area contributed by atoms with Crippen LogP contribution in [0.25, 0.3) is 0 Å². The standard InChI is InChI=1S/C20H26N4O2/c1-3-23-12-14-24(15-13-23)17-9-7-16(8-10-17)22-19(25)18-6-5-11-21-20(18)26-4-2/h5-11H,3-4,12-15H2,1-2H3,(H,22,25). The molecule has 1 N–H and O–H groups in total. The van der Waals surface area contributed by atoms with E-state index in [1.165, 1.54) is 5.69 Å². The maximum atomic E-state index is 12.5. The van der Waals surface area contributed by atoms with Gasteiger partial charge in [-0.1, -0.05) is 6.92 Å². The predicted octanol–water partition coefficient (Wildman–Crippen LogP) is 2.87. The van der Waals surface area contributed by atoms with Gasteiger partial charge in [0.1, 0.15) is 5.56 Å². The van der Waals surface area contributed by atoms with Gasteiger partial charge in [0.05, 0.1) is 6.61 Å². The van der Waals surface area contributed by atoms with E-state index >= 15 is 0 Å². The molecule has 0 atom stereocenters. The Morgan fingerprint density at radius 2 is 1.85 bits per heavy atom. The molecule has 0 bridgehead atoms. The van der Waals surface area contributed by atoms with Crippen LogP contribution in [0.2, 0.25) is 0 Å². The summed E-state index contributed by atoms with van der Waals surface area (Å²) in [7, 11) is 0. The number of hydrogen-bond acceptors (Lipinski definition) is 5. The van der Waals surface area contributed by atoms with Crippen molar-refractivity contribution < 1.29 is 9.53 Å². The van der Waals surface area contributed by atoms with E-state index in [0.717, 1.165) is 38.4 Å². The van der Waals surface area contributed by atoms with Gasteiger partial charge >= 0.3 is 0 Å². The number of rotatable bonds is 6. The second-order valence-corrected chi connectivity index (χ2v) is 6.21. The predicted molar refractivity (Wildman–Crippen MR) is 104 cm³/mol. The lowest BCUT2D eigenvalue weighted by atomic mass is 10.2.